The van der Waals surface area contributed by atoms with E-state index >= 15 is 0 Å². The van der Waals surface area contributed by atoms with E-state index in [4.69, 9.17) is 23.2 Å². The molecule has 2 atom stereocenters. The first-order valence-corrected chi connectivity index (χ1v) is 7.77. The molecule has 0 saturated carbocycles. The molecule has 1 fully saturated rings. The fraction of sp³-hybridized carbons (Fsp3) is 0.600. The SMILES string of the molecule is CCCN1CCC(CNC)C1c1c(Cl)cccc1Cl. The third-order valence-electron chi connectivity index (χ3n) is 3.90. The molecular weight excluding hydrogens is 279 g/mol. The first-order valence-electron chi connectivity index (χ1n) is 7.01. The van der Waals surface area contributed by atoms with E-state index in [2.05, 4.69) is 17.1 Å². The standard InChI is InChI=1S/C15H22Cl2N2/c1-3-8-19-9-7-11(10-18-2)15(19)14-12(16)5-4-6-13(14)17/h4-6,11,15,18H,3,7-10H2,1-2H3. The lowest BCUT2D eigenvalue weighted by Crippen LogP contribution is -2.30. The Labute approximate surface area is 126 Å². The number of hydrogen-bond acceptors (Lipinski definition) is 2. The smallest absolute Gasteiger partial charge is 0.0468 e. The maximum absolute atomic E-state index is 6.41. The minimum Gasteiger partial charge on any atom is -0.319 e. The van der Waals surface area contributed by atoms with Crippen molar-refractivity contribution in [2.75, 3.05) is 26.7 Å². The van der Waals surface area contributed by atoms with E-state index in [0.717, 1.165) is 41.7 Å². The molecule has 1 aliphatic heterocycles. The van der Waals surface area contributed by atoms with Gasteiger partial charge in [-0.05, 0) is 57.6 Å². The van der Waals surface area contributed by atoms with Gasteiger partial charge in [-0.1, -0.05) is 36.2 Å². The highest BCUT2D eigenvalue weighted by Crippen LogP contribution is 2.42. The van der Waals surface area contributed by atoms with Gasteiger partial charge in [0.25, 0.3) is 0 Å². The Bertz CT molecular complexity index is 388. The molecule has 0 aliphatic carbocycles. The molecule has 0 radical (unpaired) electrons. The summed E-state index contributed by atoms with van der Waals surface area (Å²) in [6.45, 7) is 5.46. The lowest BCUT2D eigenvalue weighted by molar-refractivity contribution is 0.227. The summed E-state index contributed by atoms with van der Waals surface area (Å²) in [7, 11) is 2.01. The van der Waals surface area contributed by atoms with Gasteiger partial charge < -0.3 is 5.32 Å². The van der Waals surface area contributed by atoms with E-state index in [0.29, 0.717) is 12.0 Å². The van der Waals surface area contributed by atoms with Crippen LogP contribution in [0.25, 0.3) is 0 Å². The van der Waals surface area contributed by atoms with Crippen molar-refractivity contribution in [2.24, 2.45) is 5.92 Å². The van der Waals surface area contributed by atoms with Gasteiger partial charge in [-0.15, -0.1) is 0 Å². The van der Waals surface area contributed by atoms with Gasteiger partial charge in [0.15, 0.2) is 0 Å². The normalized spacial score (nSPS) is 24.0. The minimum absolute atomic E-state index is 0.341. The third kappa shape index (κ3) is 3.25. The van der Waals surface area contributed by atoms with Gasteiger partial charge in [-0.25, -0.2) is 0 Å². The van der Waals surface area contributed by atoms with Crippen LogP contribution < -0.4 is 5.32 Å². The molecule has 0 amide bonds. The average molecular weight is 301 g/mol. The number of nitrogens with zero attached hydrogens (tertiary/aromatic N) is 1. The summed E-state index contributed by atoms with van der Waals surface area (Å²) in [5.41, 5.74) is 1.11. The van der Waals surface area contributed by atoms with Crippen LogP contribution in [0.15, 0.2) is 18.2 Å². The minimum atomic E-state index is 0.341. The fourth-order valence-electron chi connectivity index (χ4n) is 3.15. The zero-order valence-electron chi connectivity index (χ0n) is 11.6. The van der Waals surface area contributed by atoms with Crippen molar-refractivity contribution < 1.29 is 0 Å². The van der Waals surface area contributed by atoms with Crippen molar-refractivity contribution in [3.8, 4) is 0 Å². The van der Waals surface area contributed by atoms with Gasteiger partial charge in [0.05, 0.1) is 0 Å². The first kappa shape index (κ1) is 15.1. The van der Waals surface area contributed by atoms with Gasteiger partial charge in [-0.3, -0.25) is 4.90 Å². The van der Waals surface area contributed by atoms with Crippen molar-refractivity contribution in [1.82, 2.24) is 10.2 Å². The number of likely N-dealkylation sites (tertiary alicyclic amines) is 1. The predicted octanol–water partition coefficient (Wildman–Crippen LogP) is 3.99. The van der Waals surface area contributed by atoms with Gasteiger partial charge >= 0.3 is 0 Å². The number of rotatable bonds is 5. The molecular formula is C15H22Cl2N2. The molecule has 4 heteroatoms. The quantitative estimate of drug-likeness (QED) is 0.885. The Morgan fingerprint density at radius 2 is 2.00 bits per heavy atom. The summed E-state index contributed by atoms with van der Waals surface area (Å²) in [6, 6.07) is 6.15. The highest BCUT2D eigenvalue weighted by molar-refractivity contribution is 6.36. The zero-order valence-corrected chi connectivity index (χ0v) is 13.1. The van der Waals surface area contributed by atoms with Crippen molar-refractivity contribution in [2.45, 2.75) is 25.8 Å². The van der Waals surface area contributed by atoms with Crippen LogP contribution in [0.4, 0.5) is 0 Å². The molecule has 1 aromatic rings. The van der Waals surface area contributed by atoms with E-state index in [-0.39, 0.29) is 0 Å². The largest absolute Gasteiger partial charge is 0.319 e. The van der Waals surface area contributed by atoms with Crippen molar-refractivity contribution in [3.05, 3.63) is 33.8 Å². The second-order valence-electron chi connectivity index (χ2n) is 5.22. The molecule has 0 bridgehead atoms. The van der Waals surface area contributed by atoms with Crippen LogP contribution >= 0.6 is 23.2 Å². The molecule has 1 saturated heterocycles. The van der Waals surface area contributed by atoms with Crippen LogP contribution in [0.1, 0.15) is 31.4 Å². The van der Waals surface area contributed by atoms with Crippen molar-refractivity contribution in [1.29, 1.82) is 0 Å². The molecule has 2 rings (SSSR count). The van der Waals surface area contributed by atoms with Gasteiger partial charge in [0, 0.05) is 21.7 Å². The number of benzene rings is 1. The molecule has 19 heavy (non-hydrogen) atoms. The highest BCUT2D eigenvalue weighted by Gasteiger charge is 2.36. The summed E-state index contributed by atoms with van der Waals surface area (Å²) in [5, 5.41) is 4.88. The molecule has 2 unspecified atom stereocenters. The average Bonchev–Trinajstić information content (AvgIpc) is 2.74. The third-order valence-corrected chi connectivity index (χ3v) is 4.56. The molecule has 0 spiro atoms. The van der Waals surface area contributed by atoms with Gasteiger partial charge in [0.2, 0.25) is 0 Å². The number of hydrogen-bond donors (Lipinski definition) is 1. The second-order valence-corrected chi connectivity index (χ2v) is 6.04. The van der Waals surface area contributed by atoms with Gasteiger partial charge in [-0.2, -0.15) is 0 Å². The summed E-state index contributed by atoms with van der Waals surface area (Å²) in [5.74, 6) is 0.578. The fourth-order valence-corrected chi connectivity index (χ4v) is 3.77. The predicted molar refractivity (Wildman–Crippen MR) is 83.1 cm³/mol. The van der Waals surface area contributed by atoms with Crippen LogP contribution in [-0.4, -0.2) is 31.6 Å². The molecule has 106 valence electrons. The van der Waals surface area contributed by atoms with Crippen LogP contribution in [-0.2, 0) is 0 Å². The molecule has 0 aromatic heterocycles. The summed E-state index contributed by atoms with van der Waals surface area (Å²) in [4.78, 5) is 2.52. The monoisotopic (exact) mass is 300 g/mol. The highest BCUT2D eigenvalue weighted by atomic mass is 35.5. The Balaban J connectivity index is 2.34. The summed E-state index contributed by atoms with van der Waals surface area (Å²) in [6.07, 6.45) is 2.36. The Morgan fingerprint density at radius 3 is 2.58 bits per heavy atom. The van der Waals surface area contributed by atoms with Crippen molar-refractivity contribution in [3.63, 3.8) is 0 Å². The van der Waals surface area contributed by atoms with Crippen LogP contribution in [0.3, 0.4) is 0 Å². The second kappa shape index (κ2) is 6.94. The maximum Gasteiger partial charge on any atom is 0.0468 e. The van der Waals surface area contributed by atoms with Crippen LogP contribution in [0, 0.1) is 5.92 Å². The van der Waals surface area contributed by atoms with E-state index in [1.54, 1.807) is 0 Å². The summed E-state index contributed by atoms with van der Waals surface area (Å²) >= 11 is 12.8. The summed E-state index contributed by atoms with van der Waals surface area (Å²) < 4.78 is 0. The van der Waals surface area contributed by atoms with E-state index < -0.39 is 0 Å². The molecule has 1 N–H and O–H groups in total. The first-order chi connectivity index (χ1) is 9.19. The van der Waals surface area contributed by atoms with Crippen molar-refractivity contribution >= 4 is 23.2 Å². The zero-order chi connectivity index (χ0) is 13.8. The Kier molecular flexibility index (Phi) is 5.52. The van der Waals surface area contributed by atoms with Crippen LogP contribution in [0.5, 0.6) is 0 Å². The molecule has 1 aromatic carbocycles. The molecule has 2 nitrogen and oxygen atoms in total. The van der Waals surface area contributed by atoms with Gasteiger partial charge in [0.1, 0.15) is 0 Å². The molecule has 1 heterocycles. The maximum atomic E-state index is 6.41. The molecule has 1 aliphatic rings. The van der Waals surface area contributed by atoms with E-state index in [1.807, 2.05) is 25.2 Å². The van der Waals surface area contributed by atoms with Crippen LogP contribution in [0.2, 0.25) is 10.0 Å². The Morgan fingerprint density at radius 1 is 1.32 bits per heavy atom. The Hall–Kier alpha value is -0.280. The van der Waals surface area contributed by atoms with E-state index in [1.165, 1.54) is 6.42 Å². The lowest BCUT2D eigenvalue weighted by Gasteiger charge is -2.30. The lowest BCUT2D eigenvalue weighted by atomic mass is 9.93. The number of halogens is 2. The van der Waals surface area contributed by atoms with E-state index in [9.17, 15) is 0 Å². The topological polar surface area (TPSA) is 15.3 Å². The number of nitrogens with one attached hydrogen (secondary N) is 1.